The maximum atomic E-state index is 11.9. The van der Waals surface area contributed by atoms with Gasteiger partial charge >= 0.3 is 0 Å². The molecule has 0 unspecified atom stereocenters. The van der Waals surface area contributed by atoms with Gasteiger partial charge in [-0.3, -0.25) is 4.79 Å². The topological polar surface area (TPSA) is 58.1 Å². The van der Waals surface area contributed by atoms with E-state index in [0.29, 0.717) is 24.0 Å². The highest BCUT2D eigenvalue weighted by Gasteiger charge is 2.14. The van der Waals surface area contributed by atoms with Crippen LogP contribution >= 0.6 is 0 Å². The number of hydrogen-bond donors (Lipinski definition) is 1. The predicted molar refractivity (Wildman–Crippen MR) is 63.4 cm³/mol. The molecule has 0 aliphatic carbocycles. The van der Waals surface area contributed by atoms with Gasteiger partial charge in [-0.15, -0.1) is 10.2 Å². The minimum absolute atomic E-state index is 0.0937. The number of amides is 1. The second-order valence-corrected chi connectivity index (χ2v) is 4.13. The minimum atomic E-state index is -0.0937. The van der Waals surface area contributed by atoms with E-state index in [-0.39, 0.29) is 5.91 Å². The van der Waals surface area contributed by atoms with Crippen molar-refractivity contribution in [2.24, 2.45) is 5.92 Å². The fourth-order valence-electron chi connectivity index (χ4n) is 1.41. The zero-order valence-electron chi connectivity index (χ0n) is 10.2. The molecule has 0 spiro atoms. The Balaban J connectivity index is 2.72. The average molecular weight is 222 g/mol. The summed E-state index contributed by atoms with van der Waals surface area (Å²) in [6.07, 6.45) is 0. The normalized spacial score (nSPS) is 10.3. The molecule has 0 aliphatic heterocycles. The van der Waals surface area contributed by atoms with Crippen LogP contribution in [0.1, 0.15) is 24.3 Å². The largest absolute Gasteiger partial charge is 0.372 e. The van der Waals surface area contributed by atoms with E-state index in [4.69, 9.17) is 0 Å². The Morgan fingerprint density at radius 3 is 2.56 bits per heavy atom. The summed E-state index contributed by atoms with van der Waals surface area (Å²) >= 11 is 0. The van der Waals surface area contributed by atoms with Crippen LogP contribution in [-0.2, 0) is 0 Å². The molecule has 1 heterocycles. The molecule has 0 aliphatic rings. The van der Waals surface area contributed by atoms with E-state index in [0.717, 1.165) is 0 Å². The number of carbonyl (C=O) groups is 1. The maximum Gasteiger partial charge on any atom is 0.274 e. The van der Waals surface area contributed by atoms with Crippen molar-refractivity contribution in [1.29, 1.82) is 0 Å². The molecule has 0 saturated carbocycles. The van der Waals surface area contributed by atoms with Crippen LogP contribution in [0.3, 0.4) is 0 Å². The fraction of sp³-hybridized carbons (Fsp3) is 0.545. The SMILES string of the molecule is CNc1ccc(C(=O)N(C)CC(C)C)nn1. The first-order valence-corrected chi connectivity index (χ1v) is 5.31. The number of rotatable bonds is 4. The summed E-state index contributed by atoms with van der Waals surface area (Å²) < 4.78 is 0. The smallest absolute Gasteiger partial charge is 0.274 e. The Labute approximate surface area is 95.9 Å². The third kappa shape index (κ3) is 3.18. The maximum absolute atomic E-state index is 11.9. The van der Waals surface area contributed by atoms with Crippen LogP contribution in [0, 0.1) is 5.92 Å². The zero-order valence-corrected chi connectivity index (χ0v) is 10.2. The summed E-state index contributed by atoms with van der Waals surface area (Å²) in [5.74, 6) is 1.01. The highest BCUT2D eigenvalue weighted by atomic mass is 16.2. The van der Waals surface area contributed by atoms with Crippen LogP contribution in [0.2, 0.25) is 0 Å². The van der Waals surface area contributed by atoms with E-state index in [9.17, 15) is 4.79 Å². The van der Waals surface area contributed by atoms with Crippen LogP contribution in [0.4, 0.5) is 5.82 Å². The molecule has 0 saturated heterocycles. The molecule has 0 bridgehead atoms. The molecule has 0 fully saturated rings. The van der Waals surface area contributed by atoms with E-state index < -0.39 is 0 Å². The minimum Gasteiger partial charge on any atom is -0.372 e. The summed E-state index contributed by atoms with van der Waals surface area (Å²) in [7, 11) is 3.53. The third-order valence-corrected chi connectivity index (χ3v) is 2.13. The first-order valence-electron chi connectivity index (χ1n) is 5.31. The molecular weight excluding hydrogens is 204 g/mol. The molecule has 1 aromatic rings. The second kappa shape index (κ2) is 5.44. The van der Waals surface area contributed by atoms with E-state index >= 15 is 0 Å². The van der Waals surface area contributed by atoms with Gasteiger partial charge in [0.15, 0.2) is 5.69 Å². The van der Waals surface area contributed by atoms with Crippen molar-refractivity contribution in [2.75, 3.05) is 26.0 Å². The number of anilines is 1. The predicted octanol–water partition coefficient (Wildman–Crippen LogP) is 1.25. The van der Waals surface area contributed by atoms with Crippen molar-refractivity contribution >= 4 is 11.7 Å². The number of aromatic nitrogens is 2. The molecule has 88 valence electrons. The van der Waals surface area contributed by atoms with Gasteiger partial charge in [0.25, 0.3) is 5.91 Å². The number of hydrogen-bond acceptors (Lipinski definition) is 4. The van der Waals surface area contributed by atoms with Gasteiger partial charge < -0.3 is 10.2 Å². The van der Waals surface area contributed by atoms with Crippen molar-refractivity contribution in [3.05, 3.63) is 17.8 Å². The Bertz CT molecular complexity index is 348. The molecule has 0 aromatic carbocycles. The summed E-state index contributed by atoms with van der Waals surface area (Å²) in [4.78, 5) is 13.5. The van der Waals surface area contributed by atoms with Gasteiger partial charge in [-0.1, -0.05) is 13.8 Å². The van der Waals surface area contributed by atoms with Crippen molar-refractivity contribution < 1.29 is 4.79 Å². The van der Waals surface area contributed by atoms with Gasteiger partial charge in [0.05, 0.1) is 0 Å². The molecule has 1 N–H and O–H groups in total. The Hall–Kier alpha value is -1.65. The van der Waals surface area contributed by atoms with Crippen molar-refractivity contribution in [2.45, 2.75) is 13.8 Å². The van der Waals surface area contributed by atoms with Crippen LogP contribution < -0.4 is 5.32 Å². The van der Waals surface area contributed by atoms with Gasteiger partial charge in [0, 0.05) is 20.6 Å². The lowest BCUT2D eigenvalue weighted by molar-refractivity contribution is 0.0772. The summed E-state index contributed by atoms with van der Waals surface area (Å²) in [5.41, 5.74) is 0.377. The lowest BCUT2D eigenvalue weighted by Crippen LogP contribution is -2.31. The van der Waals surface area contributed by atoms with Crippen LogP contribution in [-0.4, -0.2) is 41.6 Å². The van der Waals surface area contributed by atoms with Crippen LogP contribution in [0.5, 0.6) is 0 Å². The zero-order chi connectivity index (χ0) is 12.1. The third-order valence-electron chi connectivity index (χ3n) is 2.13. The van der Waals surface area contributed by atoms with E-state index in [1.54, 1.807) is 31.1 Å². The molecule has 0 atom stereocenters. The molecule has 0 radical (unpaired) electrons. The standard InChI is InChI=1S/C11H18N4O/c1-8(2)7-15(4)11(16)9-5-6-10(12-3)14-13-9/h5-6,8H,7H2,1-4H3,(H,12,14). The van der Waals surface area contributed by atoms with E-state index in [1.165, 1.54) is 0 Å². The number of nitrogens with one attached hydrogen (secondary N) is 1. The lowest BCUT2D eigenvalue weighted by atomic mass is 10.2. The molecule has 16 heavy (non-hydrogen) atoms. The van der Waals surface area contributed by atoms with Crippen molar-refractivity contribution in [3.8, 4) is 0 Å². The quantitative estimate of drug-likeness (QED) is 0.833. The number of nitrogens with zero attached hydrogens (tertiary/aromatic N) is 3. The van der Waals surface area contributed by atoms with Crippen molar-refractivity contribution in [1.82, 2.24) is 15.1 Å². The van der Waals surface area contributed by atoms with E-state index in [2.05, 4.69) is 29.4 Å². The molecule has 5 nitrogen and oxygen atoms in total. The number of carbonyl (C=O) groups excluding carboxylic acids is 1. The van der Waals surface area contributed by atoms with Gasteiger partial charge in [-0.05, 0) is 18.1 Å². The molecule has 1 amide bonds. The average Bonchev–Trinajstić information content (AvgIpc) is 2.27. The Morgan fingerprint density at radius 2 is 2.12 bits per heavy atom. The highest BCUT2D eigenvalue weighted by molar-refractivity contribution is 5.92. The summed E-state index contributed by atoms with van der Waals surface area (Å²) in [6.45, 7) is 4.85. The highest BCUT2D eigenvalue weighted by Crippen LogP contribution is 2.05. The fourth-order valence-corrected chi connectivity index (χ4v) is 1.41. The molecule has 1 rings (SSSR count). The van der Waals surface area contributed by atoms with Gasteiger partial charge in [-0.25, -0.2) is 0 Å². The van der Waals surface area contributed by atoms with E-state index in [1.807, 2.05) is 0 Å². The summed E-state index contributed by atoms with van der Waals surface area (Å²) in [5, 5.41) is 10.6. The summed E-state index contributed by atoms with van der Waals surface area (Å²) in [6, 6.07) is 3.42. The molecule has 5 heteroatoms. The first kappa shape index (κ1) is 12.4. The van der Waals surface area contributed by atoms with Gasteiger partial charge in [-0.2, -0.15) is 0 Å². The van der Waals surface area contributed by atoms with Crippen LogP contribution in [0.15, 0.2) is 12.1 Å². The monoisotopic (exact) mass is 222 g/mol. The Morgan fingerprint density at radius 1 is 1.44 bits per heavy atom. The van der Waals surface area contributed by atoms with Gasteiger partial charge in [0.1, 0.15) is 5.82 Å². The van der Waals surface area contributed by atoms with Crippen molar-refractivity contribution in [3.63, 3.8) is 0 Å². The van der Waals surface area contributed by atoms with Crippen LogP contribution in [0.25, 0.3) is 0 Å². The first-order chi connectivity index (χ1) is 7.54. The Kier molecular flexibility index (Phi) is 4.22. The second-order valence-electron chi connectivity index (χ2n) is 4.13. The molecular formula is C11H18N4O. The van der Waals surface area contributed by atoms with Gasteiger partial charge in [0.2, 0.25) is 0 Å². The lowest BCUT2D eigenvalue weighted by Gasteiger charge is -2.18. The molecule has 1 aromatic heterocycles.